The van der Waals surface area contributed by atoms with E-state index in [1.165, 1.54) is 6.07 Å². The summed E-state index contributed by atoms with van der Waals surface area (Å²) in [5.74, 6) is 0.745. The second-order valence-electron chi connectivity index (χ2n) is 6.18. The van der Waals surface area contributed by atoms with Crippen molar-refractivity contribution >= 4 is 5.91 Å². The fourth-order valence-electron chi connectivity index (χ4n) is 3.08. The van der Waals surface area contributed by atoms with Gasteiger partial charge in [0.1, 0.15) is 5.75 Å². The van der Waals surface area contributed by atoms with Crippen LogP contribution >= 0.6 is 0 Å². The molecule has 0 spiro atoms. The summed E-state index contributed by atoms with van der Waals surface area (Å²) in [6, 6.07) is 11.1. The number of carbonyl (C=O) groups is 1. The molecule has 1 aromatic carbocycles. The molecule has 0 radical (unpaired) electrons. The first-order valence-electron chi connectivity index (χ1n) is 8.33. The highest BCUT2D eigenvalue weighted by Crippen LogP contribution is 2.27. The Morgan fingerprint density at radius 3 is 3.04 bits per heavy atom. The van der Waals surface area contributed by atoms with Gasteiger partial charge >= 0.3 is 0 Å². The Morgan fingerprint density at radius 2 is 2.21 bits per heavy atom. The van der Waals surface area contributed by atoms with E-state index >= 15 is 0 Å². The van der Waals surface area contributed by atoms with Crippen LogP contribution in [0.1, 0.15) is 42.1 Å². The molecule has 1 atom stereocenters. The van der Waals surface area contributed by atoms with Crippen LogP contribution in [-0.4, -0.2) is 17.5 Å². The number of hydrogen-bond acceptors (Lipinski definition) is 3. The number of H-pyrrole nitrogens is 1. The molecule has 1 unspecified atom stereocenters. The Balaban J connectivity index is 1.53. The Morgan fingerprint density at radius 1 is 1.33 bits per heavy atom. The van der Waals surface area contributed by atoms with Crippen LogP contribution in [0.15, 0.2) is 41.2 Å². The largest absolute Gasteiger partial charge is 0.493 e. The summed E-state index contributed by atoms with van der Waals surface area (Å²) >= 11 is 0. The van der Waals surface area contributed by atoms with Gasteiger partial charge in [0.05, 0.1) is 19.1 Å². The molecule has 1 aliphatic carbocycles. The normalized spacial score (nSPS) is 16.3. The molecule has 1 aliphatic rings. The molecule has 2 N–H and O–H groups in total. The lowest BCUT2D eigenvalue weighted by Gasteiger charge is -2.25. The molecule has 1 heterocycles. The maximum absolute atomic E-state index is 12.2. The molecule has 0 saturated heterocycles. The predicted octanol–water partition coefficient (Wildman–Crippen LogP) is 2.65. The van der Waals surface area contributed by atoms with Crippen LogP contribution in [0.3, 0.4) is 0 Å². The lowest BCUT2D eigenvalue weighted by molar-refractivity contribution is -0.122. The zero-order valence-electron chi connectivity index (χ0n) is 13.8. The quantitative estimate of drug-likeness (QED) is 0.887. The molecule has 3 rings (SSSR count). The Bertz CT molecular complexity index is 782. The van der Waals surface area contributed by atoms with Crippen molar-refractivity contribution in [3.8, 4) is 5.75 Å². The highest BCUT2D eigenvalue weighted by atomic mass is 16.5. The molecule has 5 nitrogen and oxygen atoms in total. The fraction of sp³-hybridized carbons (Fsp3) is 0.368. The van der Waals surface area contributed by atoms with Gasteiger partial charge in [0.25, 0.3) is 0 Å². The first-order chi connectivity index (χ1) is 11.6. The lowest BCUT2D eigenvalue weighted by Crippen LogP contribution is -2.32. The van der Waals surface area contributed by atoms with E-state index in [0.717, 1.165) is 41.8 Å². The van der Waals surface area contributed by atoms with E-state index in [1.807, 2.05) is 37.3 Å². The van der Waals surface area contributed by atoms with Crippen molar-refractivity contribution in [1.82, 2.24) is 10.3 Å². The van der Waals surface area contributed by atoms with Gasteiger partial charge in [-0.25, -0.2) is 0 Å². The maximum atomic E-state index is 12.2. The van der Waals surface area contributed by atoms with E-state index in [4.69, 9.17) is 4.74 Å². The Hall–Kier alpha value is -2.56. The van der Waals surface area contributed by atoms with Crippen molar-refractivity contribution in [1.29, 1.82) is 0 Å². The fourth-order valence-corrected chi connectivity index (χ4v) is 3.08. The van der Waals surface area contributed by atoms with E-state index < -0.39 is 0 Å². The van der Waals surface area contributed by atoms with E-state index in [0.29, 0.717) is 13.0 Å². The molecule has 0 aliphatic heterocycles. The zero-order valence-corrected chi connectivity index (χ0v) is 13.8. The number of aromatic amines is 1. The lowest BCUT2D eigenvalue weighted by atomic mass is 9.91. The second-order valence-corrected chi connectivity index (χ2v) is 6.18. The van der Waals surface area contributed by atoms with E-state index in [-0.39, 0.29) is 17.5 Å². The molecular formula is C19H22N2O3. The molecule has 2 aromatic rings. The van der Waals surface area contributed by atoms with E-state index in [2.05, 4.69) is 10.3 Å². The molecule has 0 fully saturated rings. The number of ether oxygens (including phenoxy) is 1. The standard InChI is InChI=1S/C19H22N2O3/c1-13-4-2-5-14(12-13)24-11-10-19(23)21-17-7-3-6-16-15(17)8-9-18(22)20-16/h2,4-5,8-9,12,17H,3,6-7,10-11H2,1H3,(H,20,22)(H,21,23). The van der Waals surface area contributed by atoms with Crippen molar-refractivity contribution in [2.24, 2.45) is 0 Å². The second kappa shape index (κ2) is 7.34. The summed E-state index contributed by atoms with van der Waals surface area (Å²) in [5.41, 5.74) is 3.00. The first kappa shape index (κ1) is 16.3. The van der Waals surface area contributed by atoms with Gasteiger partial charge in [-0.15, -0.1) is 0 Å². The van der Waals surface area contributed by atoms with Crippen LogP contribution in [0, 0.1) is 6.92 Å². The van der Waals surface area contributed by atoms with Crippen LogP contribution < -0.4 is 15.6 Å². The van der Waals surface area contributed by atoms with Crippen LogP contribution in [-0.2, 0) is 11.2 Å². The number of hydrogen-bond donors (Lipinski definition) is 2. The summed E-state index contributed by atoms with van der Waals surface area (Å²) in [4.78, 5) is 26.5. The van der Waals surface area contributed by atoms with Gasteiger partial charge in [-0.05, 0) is 55.5 Å². The highest BCUT2D eigenvalue weighted by molar-refractivity contribution is 5.76. The molecule has 0 saturated carbocycles. The minimum absolute atomic E-state index is 0.0305. The van der Waals surface area contributed by atoms with Crippen LogP contribution in [0.2, 0.25) is 0 Å². The average molecular weight is 326 g/mol. The minimum Gasteiger partial charge on any atom is -0.493 e. The average Bonchev–Trinajstić information content (AvgIpc) is 2.55. The smallest absolute Gasteiger partial charge is 0.248 e. The zero-order chi connectivity index (χ0) is 16.9. The summed E-state index contributed by atoms with van der Waals surface area (Å²) in [7, 11) is 0. The van der Waals surface area contributed by atoms with Crippen LogP contribution in [0.25, 0.3) is 0 Å². The molecule has 126 valence electrons. The van der Waals surface area contributed by atoms with E-state index in [1.54, 1.807) is 0 Å². The Kier molecular flexibility index (Phi) is 4.99. The summed E-state index contributed by atoms with van der Waals surface area (Å²) in [6.07, 6.45) is 3.01. The molecule has 1 aromatic heterocycles. The van der Waals surface area contributed by atoms with Gasteiger partial charge in [-0.1, -0.05) is 12.1 Å². The van der Waals surface area contributed by atoms with Crippen LogP contribution in [0.5, 0.6) is 5.75 Å². The van der Waals surface area contributed by atoms with Crippen molar-refractivity contribution < 1.29 is 9.53 Å². The number of carbonyl (C=O) groups excluding carboxylic acids is 1. The summed E-state index contributed by atoms with van der Waals surface area (Å²) in [6.45, 7) is 2.35. The number of pyridine rings is 1. The molecule has 1 amide bonds. The highest BCUT2D eigenvalue weighted by Gasteiger charge is 2.22. The molecule has 5 heteroatoms. The number of aromatic nitrogens is 1. The molecular weight excluding hydrogens is 304 g/mol. The number of fused-ring (bicyclic) bond motifs is 1. The molecule has 24 heavy (non-hydrogen) atoms. The van der Waals surface area contributed by atoms with Crippen LogP contribution in [0.4, 0.5) is 0 Å². The number of amides is 1. The molecule has 0 bridgehead atoms. The third-order valence-electron chi connectivity index (χ3n) is 4.25. The first-order valence-corrected chi connectivity index (χ1v) is 8.33. The minimum atomic E-state index is -0.0905. The number of aryl methyl sites for hydroxylation is 2. The number of nitrogens with one attached hydrogen (secondary N) is 2. The van der Waals surface area contributed by atoms with Gasteiger partial charge in [0.2, 0.25) is 11.5 Å². The predicted molar refractivity (Wildman–Crippen MR) is 92.2 cm³/mol. The van der Waals surface area contributed by atoms with Crippen molar-refractivity contribution in [2.75, 3.05) is 6.61 Å². The van der Waals surface area contributed by atoms with Gasteiger partial charge in [0.15, 0.2) is 0 Å². The Labute approximate surface area is 141 Å². The van der Waals surface area contributed by atoms with Gasteiger partial charge in [-0.3, -0.25) is 9.59 Å². The van der Waals surface area contributed by atoms with E-state index in [9.17, 15) is 9.59 Å². The monoisotopic (exact) mass is 326 g/mol. The SMILES string of the molecule is Cc1cccc(OCCC(=O)NC2CCCc3[nH]c(=O)ccc32)c1. The third kappa shape index (κ3) is 4.04. The number of rotatable bonds is 5. The maximum Gasteiger partial charge on any atom is 0.248 e. The van der Waals surface area contributed by atoms with Crippen molar-refractivity contribution in [3.05, 3.63) is 63.6 Å². The topological polar surface area (TPSA) is 71.2 Å². The van der Waals surface area contributed by atoms with Crippen molar-refractivity contribution in [2.45, 2.75) is 38.6 Å². The van der Waals surface area contributed by atoms with Crippen molar-refractivity contribution in [3.63, 3.8) is 0 Å². The van der Waals surface area contributed by atoms with Gasteiger partial charge in [0, 0.05) is 11.8 Å². The summed E-state index contributed by atoms with van der Waals surface area (Å²) < 4.78 is 5.62. The summed E-state index contributed by atoms with van der Waals surface area (Å²) in [5, 5.41) is 3.05. The third-order valence-corrected chi connectivity index (χ3v) is 4.25. The van der Waals surface area contributed by atoms with Gasteiger partial charge in [-0.2, -0.15) is 0 Å². The van der Waals surface area contributed by atoms with Gasteiger partial charge < -0.3 is 15.0 Å². The number of benzene rings is 1.